The lowest BCUT2D eigenvalue weighted by atomic mass is 10.2. The fraction of sp³-hybridized carbons (Fsp3) is 0.778. The Morgan fingerprint density at radius 1 is 1.53 bits per heavy atom. The Bertz CT molecular complexity index is 223. The first kappa shape index (κ1) is 14.1. The van der Waals surface area contributed by atoms with Crippen molar-refractivity contribution in [1.29, 1.82) is 0 Å². The van der Waals surface area contributed by atoms with E-state index >= 15 is 0 Å². The molecular formula is C9H18N2O3S. The monoisotopic (exact) mass is 234 g/mol. The zero-order chi connectivity index (χ0) is 11.8. The first-order valence-corrected chi connectivity index (χ1v) is 6.09. The van der Waals surface area contributed by atoms with Crippen LogP contribution in [0.15, 0.2) is 0 Å². The van der Waals surface area contributed by atoms with Crippen LogP contribution in [0.4, 0.5) is 4.79 Å². The van der Waals surface area contributed by atoms with Crippen LogP contribution in [0, 0.1) is 5.92 Å². The lowest BCUT2D eigenvalue weighted by Crippen LogP contribution is -2.41. The molecule has 0 saturated carbocycles. The minimum absolute atomic E-state index is 0.223. The fourth-order valence-electron chi connectivity index (χ4n) is 0.967. The number of aliphatic carboxylic acids is 1. The quantitative estimate of drug-likeness (QED) is 0.664. The molecule has 1 unspecified atom stereocenters. The summed E-state index contributed by atoms with van der Waals surface area (Å²) in [5, 5.41) is 11.4. The molecule has 0 fully saturated rings. The number of nitrogens with one attached hydrogen (secondary N) is 1. The molecule has 0 aliphatic heterocycles. The average molecular weight is 234 g/mol. The predicted octanol–water partition coefficient (Wildman–Crippen LogP) is 0.712. The third kappa shape index (κ3) is 6.22. The number of hydrogen-bond acceptors (Lipinski definition) is 3. The number of hydrogen-bond donors (Lipinski definition) is 2. The molecule has 0 saturated heterocycles. The van der Waals surface area contributed by atoms with Gasteiger partial charge in [0.1, 0.15) is 0 Å². The maximum Gasteiger partial charge on any atom is 0.317 e. The molecule has 6 heteroatoms. The van der Waals surface area contributed by atoms with E-state index in [0.29, 0.717) is 6.54 Å². The smallest absolute Gasteiger partial charge is 0.317 e. The molecule has 15 heavy (non-hydrogen) atoms. The van der Waals surface area contributed by atoms with Crippen LogP contribution in [0.2, 0.25) is 0 Å². The third-order valence-electron chi connectivity index (χ3n) is 1.90. The van der Waals surface area contributed by atoms with Crippen LogP contribution in [0.1, 0.15) is 6.92 Å². The summed E-state index contributed by atoms with van der Waals surface area (Å²) in [6, 6.07) is -0.225. The van der Waals surface area contributed by atoms with E-state index in [9.17, 15) is 9.59 Å². The van der Waals surface area contributed by atoms with Gasteiger partial charge in [-0.2, -0.15) is 11.8 Å². The predicted molar refractivity (Wildman–Crippen MR) is 61.2 cm³/mol. The van der Waals surface area contributed by atoms with E-state index in [1.54, 1.807) is 25.7 Å². The van der Waals surface area contributed by atoms with Gasteiger partial charge in [-0.3, -0.25) is 4.79 Å². The first-order valence-electron chi connectivity index (χ1n) is 4.69. The van der Waals surface area contributed by atoms with Crippen LogP contribution in [0.5, 0.6) is 0 Å². The largest absolute Gasteiger partial charge is 0.481 e. The number of carbonyl (C=O) groups excluding carboxylic acids is 1. The van der Waals surface area contributed by atoms with E-state index in [1.165, 1.54) is 4.90 Å². The van der Waals surface area contributed by atoms with Gasteiger partial charge in [0.2, 0.25) is 0 Å². The molecule has 0 aromatic heterocycles. The topological polar surface area (TPSA) is 69.6 Å². The molecule has 0 aliphatic carbocycles. The lowest BCUT2D eigenvalue weighted by Gasteiger charge is -2.19. The summed E-state index contributed by atoms with van der Waals surface area (Å²) in [6.45, 7) is 2.40. The molecule has 0 aliphatic rings. The Hall–Kier alpha value is -0.910. The molecular weight excluding hydrogens is 216 g/mol. The molecule has 0 aromatic carbocycles. The van der Waals surface area contributed by atoms with Gasteiger partial charge in [-0.25, -0.2) is 4.79 Å². The fourth-order valence-corrected chi connectivity index (χ4v) is 1.27. The Balaban J connectivity index is 3.83. The van der Waals surface area contributed by atoms with Crippen molar-refractivity contribution in [3.05, 3.63) is 0 Å². The van der Waals surface area contributed by atoms with E-state index in [0.717, 1.165) is 5.75 Å². The van der Waals surface area contributed by atoms with Gasteiger partial charge in [0.25, 0.3) is 0 Å². The average Bonchev–Trinajstić information content (AvgIpc) is 2.17. The number of carboxylic acids is 1. The van der Waals surface area contributed by atoms with Crippen LogP contribution in [-0.4, -0.2) is 54.2 Å². The first-order chi connectivity index (χ1) is 6.99. The van der Waals surface area contributed by atoms with E-state index in [4.69, 9.17) is 5.11 Å². The number of urea groups is 1. The number of nitrogens with zero attached hydrogens (tertiary/aromatic N) is 1. The zero-order valence-corrected chi connectivity index (χ0v) is 10.1. The van der Waals surface area contributed by atoms with Crippen molar-refractivity contribution < 1.29 is 14.7 Å². The second-order valence-corrected chi connectivity index (χ2v) is 4.33. The summed E-state index contributed by atoms with van der Waals surface area (Å²) in [5.74, 6) is -0.575. The van der Waals surface area contributed by atoms with Gasteiger partial charge in [0.15, 0.2) is 0 Å². The van der Waals surface area contributed by atoms with E-state index in [2.05, 4.69) is 5.32 Å². The Kier molecular flexibility index (Phi) is 6.94. The van der Waals surface area contributed by atoms with Gasteiger partial charge in [-0.1, -0.05) is 6.92 Å². The van der Waals surface area contributed by atoms with Gasteiger partial charge >= 0.3 is 12.0 Å². The number of carboxylic acid groups (broad SMARTS) is 1. The summed E-state index contributed by atoms with van der Waals surface area (Å²) in [4.78, 5) is 23.3. The van der Waals surface area contributed by atoms with Gasteiger partial charge in [-0.05, 0) is 6.26 Å². The zero-order valence-electron chi connectivity index (χ0n) is 9.32. The minimum Gasteiger partial charge on any atom is -0.481 e. The van der Waals surface area contributed by atoms with Gasteiger partial charge < -0.3 is 15.3 Å². The molecule has 5 nitrogen and oxygen atoms in total. The van der Waals surface area contributed by atoms with Crippen molar-refractivity contribution in [3.63, 3.8) is 0 Å². The second kappa shape index (κ2) is 7.39. The molecule has 0 heterocycles. The van der Waals surface area contributed by atoms with Gasteiger partial charge in [0.05, 0.1) is 5.92 Å². The molecule has 2 amide bonds. The highest BCUT2D eigenvalue weighted by Gasteiger charge is 2.16. The van der Waals surface area contributed by atoms with E-state index < -0.39 is 11.9 Å². The normalized spacial score (nSPS) is 11.9. The van der Waals surface area contributed by atoms with Crippen molar-refractivity contribution in [3.8, 4) is 0 Å². The molecule has 2 N–H and O–H groups in total. The van der Waals surface area contributed by atoms with Crippen molar-refractivity contribution >= 4 is 23.8 Å². The summed E-state index contributed by atoms with van der Waals surface area (Å²) >= 11 is 1.65. The highest BCUT2D eigenvalue weighted by Crippen LogP contribution is 1.98. The minimum atomic E-state index is -0.890. The van der Waals surface area contributed by atoms with E-state index in [-0.39, 0.29) is 12.6 Å². The Labute approximate surface area is 94.2 Å². The number of amides is 2. The van der Waals surface area contributed by atoms with Crippen molar-refractivity contribution in [1.82, 2.24) is 10.2 Å². The van der Waals surface area contributed by atoms with Crippen LogP contribution in [0.25, 0.3) is 0 Å². The molecule has 88 valence electrons. The maximum atomic E-state index is 11.4. The molecule has 1 atom stereocenters. The molecule has 0 rings (SSSR count). The summed E-state index contributed by atoms with van der Waals surface area (Å²) in [7, 11) is 1.59. The SMILES string of the molecule is CSCCNC(=O)N(C)CC(C)C(=O)O. The van der Waals surface area contributed by atoms with Crippen LogP contribution >= 0.6 is 11.8 Å². The summed E-state index contributed by atoms with van der Waals surface area (Å²) in [6.07, 6.45) is 1.96. The highest BCUT2D eigenvalue weighted by atomic mass is 32.2. The second-order valence-electron chi connectivity index (χ2n) is 3.34. The summed E-state index contributed by atoms with van der Waals surface area (Å²) < 4.78 is 0. The highest BCUT2D eigenvalue weighted by molar-refractivity contribution is 7.98. The van der Waals surface area contributed by atoms with Crippen LogP contribution in [0.3, 0.4) is 0 Å². The van der Waals surface area contributed by atoms with Crippen LogP contribution in [-0.2, 0) is 4.79 Å². The van der Waals surface area contributed by atoms with E-state index in [1.807, 2.05) is 6.26 Å². The standard InChI is InChI=1S/C9H18N2O3S/c1-7(8(12)13)6-11(2)9(14)10-4-5-15-3/h7H,4-6H2,1-3H3,(H,10,14)(H,12,13). The van der Waals surface area contributed by atoms with Crippen molar-refractivity contribution in [2.45, 2.75) is 6.92 Å². The molecule has 0 radical (unpaired) electrons. The number of rotatable bonds is 6. The van der Waals surface area contributed by atoms with Gasteiger partial charge in [0, 0.05) is 25.9 Å². The third-order valence-corrected chi connectivity index (χ3v) is 2.51. The van der Waals surface area contributed by atoms with Gasteiger partial charge in [-0.15, -0.1) is 0 Å². The van der Waals surface area contributed by atoms with Crippen LogP contribution < -0.4 is 5.32 Å². The Morgan fingerprint density at radius 3 is 2.60 bits per heavy atom. The number of thioether (sulfide) groups is 1. The molecule has 0 spiro atoms. The maximum absolute atomic E-state index is 11.4. The van der Waals surface area contributed by atoms with Crippen molar-refractivity contribution in [2.75, 3.05) is 32.1 Å². The molecule has 0 aromatic rings. The molecule has 0 bridgehead atoms. The Morgan fingerprint density at radius 2 is 2.13 bits per heavy atom. The summed E-state index contributed by atoms with van der Waals surface area (Å²) in [5.41, 5.74) is 0. The van der Waals surface area contributed by atoms with Crippen molar-refractivity contribution in [2.24, 2.45) is 5.92 Å². The lowest BCUT2D eigenvalue weighted by molar-refractivity contribution is -0.141. The number of carbonyl (C=O) groups is 2.